The molecule has 0 bridgehead atoms. The molecule has 1 aromatic carbocycles. The highest BCUT2D eigenvalue weighted by Gasteiger charge is 2.24. The lowest BCUT2D eigenvalue weighted by Crippen LogP contribution is -2.09. The average molecular weight is 319 g/mol. The van der Waals surface area contributed by atoms with Crippen molar-refractivity contribution in [2.45, 2.75) is 84.7 Å². The molecule has 2 nitrogen and oxygen atoms in total. The van der Waals surface area contributed by atoms with Crippen LogP contribution in [0, 0.1) is 0 Å². The summed E-state index contributed by atoms with van der Waals surface area (Å²) in [5.41, 5.74) is 4.62. The monoisotopic (exact) mass is 318 g/mol. The molecule has 130 valence electrons. The molecule has 0 spiro atoms. The highest BCUT2D eigenvalue weighted by Crippen LogP contribution is 2.31. The van der Waals surface area contributed by atoms with E-state index in [-0.39, 0.29) is 0 Å². The van der Waals surface area contributed by atoms with Crippen molar-refractivity contribution in [3.63, 3.8) is 0 Å². The van der Waals surface area contributed by atoms with E-state index in [4.69, 9.17) is 9.47 Å². The Hall–Kier alpha value is -1.02. The summed E-state index contributed by atoms with van der Waals surface area (Å²) in [6, 6.07) is 4.53. The number of unbranched alkanes of at least 4 members (excludes halogenated alkanes) is 3. The lowest BCUT2D eigenvalue weighted by molar-refractivity contribution is 0.260. The molecular weight excluding hydrogens is 284 g/mol. The van der Waals surface area contributed by atoms with Crippen LogP contribution in [0.2, 0.25) is 0 Å². The van der Waals surface area contributed by atoms with E-state index in [1.807, 2.05) is 0 Å². The van der Waals surface area contributed by atoms with Gasteiger partial charge in [0.15, 0.2) is 0 Å². The summed E-state index contributed by atoms with van der Waals surface area (Å²) in [6.45, 7) is 8.40. The highest BCUT2D eigenvalue weighted by atomic mass is 16.6. The maximum absolute atomic E-state index is 6.11. The largest absolute Gasteiger partial charge is 0.490 e. The fourth-order valence-corrected chi connectivity index (χ4v) is 3.10. The van der Waals surface area contributed by atoms with Crippen molar-refractivity contribution in [1.29, 1.82) is 0 Å². The molecule has 0 N–H and O–H groups in total. The Morgan fingerprint density at radius 1 is 0.913 bits per heavy atom. The number of aryl methyl sites for hydroxylation is 1. The van der Waals surface area contributed by atoms with Gasteiger partial charge in [-0.15, -0.1) is 0 Å². The fraction of sp³-hybridized carbons (Fsp3) is 0.714. The van der Waals surface area contributed by atoms with Crippen molar-refractivity contribution in [1.82, 2.24) is 0 Å². The van der Waals surface area contributed by atoms with Crippen molar-refractivity contribution < 1.29 is 9.47 Å². The average Bonchev–Trinajstić information content (AvgIpc) is 3.39. The second kappa shape index (κ2) is 9.97. The van der Waals surface area contributed by atoms with E-state index in [0.717, 1.165) is 18.8 Å². The van der Waals surface area contributed by atoms with Crippen LogP contribution >= 0.6 is 0 Å². The summed E-state index contributed by atoms with van der Waals surface area (Å²) in [5, 5.41) is 0. The summed E-state index contributed by atoms with van der Waals surface area (Å²) in [6.07, 6.45) is 11.4. The smallest absolute Gasteiger partial charge is 0.122 e. The Labute approximate surface area is 142 Å². The van der Waals surface area contributed by atoms with Crippen LogP contribution < -0.4 is 4.74 Å². The zero-order valence-electron chi connectivity index (χ0n) is 15.3. The highest BCUT2D eigenvalue weighted by molar-refractivity contribution is 5.46. The van der Waals surface area contributed by atoms with E-state index in [2.05, 4.69) is 32.9 Å². The van der Waals surface area contributed by atoms with Gasteiger partial charge in [-0.05, 0) is 61.3 Å². The molecule has 2 rings (SSSR count). The molecule has 1 aliphatic heterocycles. The number of rotatable bonds is 12. The number of hydrogen-bond donors (Lipinski definition) is 0. The Morgan fingerprint density at radius 3 is 2.13 bits per heavy atom. The molecule has 1 heterocycles. The van der Waals surface area contributed by atoms with Crippen LogP contribution in [0.25, 0.3) is 0 Å². The van der Waals surface area contributed by atoms with Gasteiger partial charge in [0.25, 0.3) is 0 Å². The van der Waals surface area contributed by atoms with Gasteiger partial charge in [-0.25, -0.2) is 0 Å². The predicted molar refractivity (Wildman–Crippen MR) is 97.5 cm³/mol. The Bertz CT molecular complexity index is 463. The molecule has 23 heavy (non-hydrogen) atoms. The lowest BCUT2D eigenvalue weighted by atomic mass is 9.90. The summed E-state index contributed by atoms with van der Waals surface area (Å²) in [5.74, 6) is 1.11. The zero-order valence-corrected chi connectivity index (χ0v) is 15.3. The minimum atomic E-state index is 0.327. The molecule has 0 aromatic heterocycles. The molecule has 1 unspecified atom stereocenters. The fourth-order valence-electron chi connectivity index (χ4n) is 3.10. The summed E-state index contributed by atoms with van der Waals surface area (Å²) < 4.78 is 11.4. The van der Waals surface area contributed by atoms with Crippen molar-refractivity contribution in [2.24, 2.45) is 0 Å². The van der Waals surface area contributed by atoms with Crippen LogP contribution in [0.5, 0.6) is 5.75 Å². The van der Waals surface area contributed by atoms with E-state index in [0.29, 0.717) is 12.7 Å². The predicted octanol–water partition coefficient (Wildman–Crippen LogP) is 5.49. The van der Waals surface area contributed by atoms with Crippen LogP contribution in [0.1, 0.15) is 76.0 Å². The van der Waals surface area contributed by atoms with Crippen molar-refractivity contribution in [3.05, 3.63) is 28.8 Å². The van der Waals surface area contributed by atoms with Crippen molar-refractivity contribution in [3.8, 4) is 5.75 Å². The van der Waals surface area contributed by atoms with Crippen molar-refractivity contribution >= 4 is 0 Å². The third kappa shape index (κ3) is 5.84. The molecule has 2 heteroatoms. The first kappa shape index (κ1) is 18.3. The second-order valence-corrected chi connectivity index (χ2v) is 6.76. The van der Waals surface area contributed by atoms with Gasteiger partial charge in [0.2, 0.25) is 0 Å². The summed E-state index contributed by atoms with van der Waals surface area (Å²) in [7, 11) is 0. The van der Waals surface area contributed by atoms with Gasteiger partial charge >= 0.3 is 0 Å². The zero-order chi connectivity index (χ0) is 16.5. The van der Waals surface area contributed by atoms with E-state index in [9.17, 15) is 0 Å². The lowest BCUT2D eigenvalue weighted by Gasteiger charge is -2.19. The minimum Gasteiger partial charge on any atom is -0.490 e. The first-order valence-electron chi connectivity index (χ1n) is 9.68. The molecule has 0 radical (unpaired) electrons. The van der Waals surface area contributed by atoms with Gasteiger partial charge in [-0.3, -0.25) is 0 Å². The third-order valence-electron chi connectivity index (χ3n) is 4.67. The quantitative estimate of drug-likeness (QED) is 0.475. The second-order valence-electron chi connectivity index (χ2n) is 6.76. The van der Waals surface area contributed by atoms with E-state index >= 15 is 0 Å². The normalized spacial score (nSPS) is 16.6. The molecule has 0 aliphatic carbocycles. The van der Waals surface area contributed by atoms with E-state index in [1.165, 1.54) is 56.9 Å². The van der Waals surface area contributed by atoms with Crippen LogP contribution in [-0.4, -0.2) is 19.3 Å². The van der Waals surface area contributed by atoms with Gasteiger partial charge in [-0.2, -0.15) is 0 Å². The first-order chi connectivity index (χ1) is 11.3. The summed E-state index contributed by atoms with van der Waals surface area (Å²) in [4.78, 5) is 0. The third-order valence-corrected chi connectivity index (χ3v) is 4.67. The first-order valence-corrected chi connectivity index (χ1v) is 9.68. The van der Waals surface area contributed by atoms with Crippen LogP contribution in [0.15, 0.2) is 12.1 Å². The number of epoxide rings is 1. The van der Waals surface area contributed by atoms with Gasteiger partial charge in [0.05, 0.1) is 6.61 Å². The molecule has 1 saturated heterocycles. The van der Waals surface area contributed by atoms with Crippen LogP contribution in [0.3, 0.4) is 0 Å². The molecule has 1 fully saturated rings. The standard InChI is InChI=1S/C21H34O2/c1-4-7-10-17-13-14-21(23-16-18-15-22-18)20(12-9-6-3)19(17)11-8-5-2/h13-14,18H,4-12,15-16H2,1-3H3. The van der Waals surface area contributed by atoms with Crippen LogP contribution in [-0.2, 0) is 24.0 Å². The molecule has 0 saturated carbocycles. The Balaban J connectivity index is 2.23. The molecule has 1 aromatic rings. The summed E-state index contributed by atoms with van der Waals surface area (Å²) >= 11 is 0. The maximum atomic E-state index is 6.11. The topological polar surface area (TPSA) is 21.8 Å². The minimum absolute atomic E-state index is 0.327. The Morgan fingerprint density at radius 2 is 1.52 bits per heavy atom. The van der Waals surface area contributed by atoms with Gasteiger partial charge in [-0.1, -0.05) is 46.1 Å². The number of hydrogen-bond acceptors (Lipinski definition) is 2. The van der Waals surface area contributed by atoms with Crippen LogP contribution in [0.4, 0.5) is 0 Å². The molecule has 0 amide bonds. The Kier molecular flexibility index (Phi) is 7.94. The van der Waals surface area contributed by atoms with E-state index in [1.54, 1.807) is 11.1 Å². The number of ether oxygens (including phenoxy) is 2. The number of benzene rings is 1. The molecular formula is C21H34O2. The van der Waals surface area contributed by atoms with E-state index < -0.39 is 0 Å². The molecule has 1 aliphatic rings. The van der Waals surface area contributed by atoms with Gasteiger partial charge in [0.1, 0.15) is 18.5 Å². The van der Waals surface area contributed by atoms with Gasteiger partial charge < -0.3 is 9.47 Å². The SMILES string of the molecule is CCCCc1ccc(OCC2CO2)c(CCCC)c1CCCC. The van der Waals surface area contributed by atoms with Gasteiger partial charge in [0, 0.05) is 0 Å². The van der Waals surface area contributed by atoms with Crippen molar-refractivity contribution in [2.75, 3.05) is 13.2 Å². The maximum Gasteiger partial charge on any atom is 0.122 e. The molecule has 1 atom stereocenters.